The zero-order chi connectivity index (χ0) is 14.3. The Morgan fingerprint density at radius 2 is 1.95 bits per heavy atom. The van der Waals surface area contributed by atoms with Crippen molar-refractivity contribution in [3.63, 3.8) is 0 Å². The maximum absolute atomic E-state index is 11.9. The van der Waals surface area contributed by atoms with Crippen LogP contribution < -0.4 is 11.1 Å². The topological polar surface area (TPSA) is 92.4 Å². The molecule has 5 heteroatoms. The first-order chi connectivity index (χ1) is 9.08. The van der Waals surface area contributed by atoms with E-state index >= 15 is 0 Å². The van der Waals surface area contributed by atoms with Crippen LogP contribution in [0.5, 0.6) is 0 Å². The first-order valence-corrected chi connectivity index (χ1v) is 6.37. The number of aliphatic carboxylic acids is 1. The summed E-state index contributed by atoms with van der Waals surface area (Å²) in [6, 6.07) is 6.58. The number of benzene rings is 1. The summed E-state index contributed by atoms with van der Waals surface area (Å²) in [6.07, 6.45) is 1.29. The van der Waals surface area contributed by atoms with Crippen LogP contribution in [-0.4, -0.2) is 23.0 Å². The Labute approximate surface area is 112 Å². The molecular weight excluding hydrogens is 244 g/mol. The molecule has 0 aromatic heterocycles. The SMILES string of the molecule is CCC[C@@H](NC(=O)Cc1ccccc1CN)C(=O)O. The highest BCUT2D eigenvalue weighted by Gasteiger charge is 2.19. The molecule has 19 heavy (non-hydrogen) atoms. The van der Waals surface area contributed by atoms with E-state index in [1.807, 2.05) is 31.2 Å². The van der Waals surface area contributed by atoms with Crippen LogP contribution in [0, 0.1) is 0 Å². The van der Waals surface area contributed by atoms with Crippen molar-refractivity contribution in [1.29, 1.82) is 0 Å². The number of carboxylic acids is 1. The number of hydrogen-bond acceptors (Lipinski definition) is 3. The van der Waals surface area contributed by atoms with Crippen LogP contribution >= 0.6 is 0 Å². The van der Waals surface area contributed by atoms with Gasteiger partial charge in [-0.25, -0.2) is 4.79 Å². The highest BCUT2D eigenvalue weighted by atomic mass is 16.4. The van der Waals surface area contributed by atoms with Crippen LogP contribution in [0.25, 0.3) is 0 Å². The molecule has 0 aliphatic carbocycles. The average molecular weight is 264 g/mol. The summed E-state index contributed by atoms with van der Waals surface area (Å²) in [4.78, 5) is 22.8. The molecule has 5 nitrogen and oxygen atoms in total. The second-order valence-corrected chi connectivity index (χ2v) is 4.40. The maximum Gasteiger partial charge on any atom is 0.326 e. The second kappa shape index (κ2) is 7.53. The van der Waals surface area contributed by atoms with Crippen LogP contribution in [0.3, 0.4) is 0 Å². The van der Waals surface area contributed by atoms with E-state index in [9.17, 15) is 9.59 Å². The molecule has 104 valence electrons. The summed E-state index contributed by atoms with van der Waals surface area (Å²) in [6.45, 7) is 2.24. The van der Waals surface area contributed by atoms with Gasteiger partial charge in [0, 0.05) is 6.54 Å². The summed E-state index contributed by atoms with van der Waals surface area (Å²) in [7, 11) is 0. The average Bonchev–Trinajstić information content (AvgIpc) is 2.38. The van der Waals surface area contributed by atoms with Gasteiger partial charge in [-0.3, -0.25) is 4.79 Å². The van der Waals surface area contributed by atoms with Gasteiger partial charge in [-0.05, 0) is 17.5 Å². The van der Waals surface area contributed by atoms with Gasteiger partial charge >= 0.3 is 5.97 Å². The fourth-order valence-electron chi connectivity index (χ4n) is 1.89. The summed E-state index contributed by atoms with van der Waals surface area (Å²) in [5.41, 5.74) is 7.34. The van der Waals surface area contributed by atoms with Crippen molar-refractivity contribution in [3.8, 4) is 0 Å². The quantitative estimate of drug-likeness (QED) is 0.686. The third-order valence-corrected chi connectivity index (χ3v) is 2.90. The molecule has 4 N–H and O–H groups in total. The van der Waals surface area contributed by atoms with E-state index in [4.69, 9.17) is 10.8 Å². The van der Waals surface area contributed by atoms with Gasteiger partial charge in [-0.2, -0.15) is 0 Å². The fraction of sp³-hybridized carbons (Fsp3) is 0.429. The van der Waals surface area contributed by atoms with Gasteiger partial charge < -0.3 is 16.2 Å². The van der Waals surface area contributed by atoms with Crippen molar-refractivity contribution in [2.45, 2.75) is 38.8 Å². The van der Waals surface area contributed by atoms with E-state index < -0.39 is 12.0 Å². The molecule has 1 amide bonds. The monoisotopic (exact) mass is 264 g/mol. The Balaban J connectivity index is 2.66. The zero-order valence-electron chi connectivity index (χ0n) is 11.1. The van der Waals surface area contributed by atoms with Crippen LogP contribution in [0.1, 0.15) is 30.9 Å². The van der Waals surface area contributed by atoms with E-state index in [1.54, 1.807) is 0 Å². The second-order valence-electron chi connectivity index (χ2n) is 4.40. The van der Waals surface area contributed by atoms with Gasteiger partial charge in [-0.15, -0.1) is 0 Å². The molecule has 0 fully saturated rings. The molecule has 0 unspecified atom stereocenters. The van der Waals surface area contributed by atoms with Gasteiger partial charge in [0.15, 0.2) is 0 Å². The highest BCUT2D eigenvalue weighted by Crippen LogP contribution is 2.09. The molecule has 0 heterocycles. The number of amides is 1. The molecule has 0 spiro atoms. The molecule has 1 rings (SSSR count). The van der Waals surface area contributed by atoms with Crippen molar-refractivity contribution < 1.29 is 14.7 Å². The lowest BCUT2D eigenvalue weighted by Gasteiger charge is -2.14. The number of hydrogen-bond donors (Lipinski definition) is 3. The van der Waals surface area contributed by atoms with Crippen LogP contribution in [-0.2, 0) is 22.6 Å². The van der Waals surface area contributed by atoms with E-state index in [0.717, 1.165) is 11.1 Å². The molecule has 0 aliphatic rings. The number of rotatable bonds is 7. The lowest BCUT2D eigenvalue weighted by atomic mass is 10.0. The van der Waals surface area contributed by atoms with Crippen LogP contribution in [0.15, 0.2) is 24.3 Å². The Morgan fingerprint density at radius 1 is 1.32 bits per heavy atom. The molecule has 0 radical (unpaired) electrons. The van der Waals surface area contributed by atoms with Gasteiger partial charge in [-0.1, -0.05) is 37.6 Å². The predicted octanol–water partition coefficient (Wildman–Crippen LogP) is 1.06. The summed E-state index contributed by atoms with van der Waals surface area (Å²) in [5, 5.41) is 11.5. The molecule has 0 saturated carbocycles. The van der Waals surface area contributed by atoms with Gasteiger partial charge in [0.05, 0.1) is 6.42 Å². The maximum atomic E-state index is 11.9. The van der Waals surface area contributed by atoms with Crippen molar-refractivity contribution in [1.82, 2.24) is 5.32 Å². The lowest BCUT2D eigenvalue weighted by molar-refractivity contribution is -0.141. The summed E-state index contributed by atoms with van der Waals surface area (Å²) >= 11 is 0. The smallest absolute Gasteiger partial charge is 0.326 e. The largest absolute Gasteiger partial charge is 0.480 e. The molecule has 0 bridgehead atoms. The lowest BCUT2D eigenvalue weighted by Crippen LogP contribution is -2.41. The van der Waals surface area contributed by atoms with E-state index in [2.05, 4.69) is 5.32 Å². The van der Waals surface area contributed by atoms with E-state index in [-0.39, 0.29) is 12.3 Å². The predicted molar refractivity (Wildman–Crippen MR) is 72.5 cm³/mol. The first kappa shape index (κ1) is 15.2. The van der Waals surface area contributed by atoms with E-state index in [1.165, 1.54) is 0 Å². The fourth-order valence-corrected chi connectivity index (χ4v) is 1.89. The Hall–Kier alpha value is -1.88. The number of carbonyl (C=O) groups is 2. The zero-order valence-corrected chi connectivity index (χ0v) is 11.1. The normalized spacial score (nSPS) is 11.9. The van der Waals surface area contributed by atoms with Crippen molar-refractivity contribution in [3.05, 3.63) is 35.4 Å². The third kappa shape index (κ3) is 4.71. The first-order valence-electron chi connectivity index (χ1n) is 6.37. The number of nitrogens with one attached hydrogen (secondary N) is 1. The third-order valence-electron chi connectivity index (χ3n) is 2.90. The van der Waals surface area contributed by atoms with Crippen LogP contribution in [0.4, 0.5) is 0 Å². The number of carboxylic acid groups (broad SMARTS) is 1. The Bertz CT molecular complexity index is 446. The number of nitrogens with two attached hydrogens (primary N) is 1. The van der Waals surface area contributed by atoms with Gasteiger partial charge in [0.2, 0.25) is 5.91 Å². The minimum Gasteiger partial charge on any atom is -0.480 e. The summed E-state index contributed by atoms with van der Waals surface area (Å²) in [5.74, 6) is -1.29. The Morgan fingerprint density at radius 3 is 2.47 bits per heavy atom. The molecule has 1 aromatic rings. The summed E-state index contributed by atoms with van der Waals surface area (Å²) < 4.78 is 0. The van der Waals surface area contributed by atoms with Crippen LogP contribution in [0.2, 0.25) is 0 Å². The molecule has 0 aliphatic heterocycles. The molecule has 1 aromatic carbocycles. The molecule has 0 saturated heterocycles. The van der Waals surface area contributed by atoms with Gasteiger partial charge in [0.1, 0.15) is 6.04 Å². The Kier molecular flexibility index (Phi) is 6.02. The van der Waals surface area contributed by atoms with Gasteiger partial charge in [0.25, 0.3) is 0 Å². The molecular formula is C14H20N2O3. The van der Waals surface area contributed by atoms with Crippen molar-refractivity contribution in [2.24, 2.45) is 5.73 Å². The minimum absolute atomic E-state index is 0.154. The van der Waals surface area contributed by atoms with E-state index in [0.29, 0.717) is 19.4 Å². The standard InChI is InChI=1S/C14H20N2O3/c1-2-5-12(14(18)19)16-13(17)8-10-6-3-4-7-11(10)9-15/h3-4,6-7,12H,2,5,8-9,15H2,1H3,(H,16,17)(H,18,19)/t12-/m1/s1. The molecule has 1 atom stereocenters. The van der Waals surface area contributed by atoms with Crippen molar-refractivity contribution in [2.75, 3.05) is 0 Å². The number of carbonyl (C=O) groups excluding carboxylic acids is 1. The highest BCUT2D eigenvalue weighted by molar-refractivity contribution is 5.85. The minimum atomic E-state index is -0.998. The van der Waals surface area contributed by atoms with Crippen molar-refractivity contribution >= 4 is 11.9 Å².